The van der Waals surface area contributed by atoms with Gasteiger partial charge in [-0.2, -0.15) is 0 Å². The number of carbonyl (C=O) groups excluding carboxylic acids is 2. The molecule has 104 valence electrons. The Bertz CT molecular complexity index is 452. The first-order valence-electron chi connectivity index (χ1n) is 5.57. The highest BCUT2D eigenvalue weighted by molar-refractivity contribution is 5.69. The number of methoxy groups -OCH3 is 2. The van der Waals surface area contributed by atoms with Crippen molar-refractivity contribution in [2.75, 3.05) is 14.2 Å². The van der Waals surface area contributed by atoms with Crippen LogP contribution in [-0.4, -0.2) is 26.2 Å². The van der Waals surface area contributed by atoms with Crippen molar-refractivity contribution in [2.45, 2.75) is 19.4 Å². The number of hydrogen-bond acceptors (Lipinski definition) is 6. The molecule has 0 aromatic heterocycles. The van der Waals surface area contributed by atoms with Gasteiger partial charge in [-0.1, -0.05) is 0 Å². The number of carbonyl (C=O) groups is 2. The van der Waals surface area contributed by atoms with E-state index in [2.05, 4.69) is 0 Å². The van der Waals surface area contributed by atoms with Gasteiger partial charge in [0.25, 0.3) is 0 Å². The molecule has 0 aliphatic carbocycles. The molecule has 0 fully saturated rings. The maximum atomic E-state index is 11.0. The van der Waals surface area contributed by atoms with E-state index in [4.69, 9.17) is 14.2 Å². The maximum absolute atomic E-state index is 11.0. The summed E-state index contributed by atoms with van der Waals surface area (Å²) < 4.78 is 15.2. The molecule has 1 aromatic rings. The number of carboxylic acid groups (broad SMARTS) is 1. The summed E-state index contributed by atoms with van der Waals surface area (Å²) in [5, 5.41) is 10.7. The summed E-state index contributed by atoms with van der Waals surface area (Å²) in [5.41, 5.74) is 0.447. The molecule has 0 heterocycles. The van der Waals surface area contributed by atoms with Gasteiger partial charge >= 0.3 is 5.97 Å². The minimum Gasteiger partial charge on any atom is -0.550 e. The molecule has 6 nitrogen and oxygen atoms in total. The monoisotopic (exact) mass is 267 g/mol. The SMILES string of the molecule is COc1ccc(C(CC(=O)[O-])OC(C)=O)c(OC)c1. The second-order valence-electron chi connectivity index (χ2n) is 3.78. The Labute approximate surface area is 110 Å². The first-order valence-corrected chi connectivity index (χ1v) is 5.57. The number of benzene rings is 1. The molecular formula is C13H15O6-. The lowest BCUT2D eigenvalue weighted by Gasteiger charge is -2.20. The summed E-state index contributed by atoms with van der Waals surface area (Å²) in [6.07, 6.45) is -1.40. The van der Waals surface area contributed by atoms with Gasteiger partial charge in [0.2, 0.25) is 0 Å². The number of hydrogen-bond donors (Lipinski definition) is 0. The quantitative estimate of drug-likeness (QED) is 0.696. The standard InChI is InChI=1S/C13H16O6/c1-8(14)19-12(7-13(15)16)10-5-4-9(17-2)6-11(10)18-3/h4-6,12H,7H2,1-3H3,(H,15,16)/p-1. The average Bonchev–Trinajstić information content (AvgIpc) is 2.36. The molecule has 0 bridgehead atoms. The summed E-state index contributed by atoms with van der Waals surface area (Å²) in [7, 11) is 2.93. The Hall–Kier alpha value is -2.24. The van der Waals surface area contributed by atoms with Crippen LogP contribution >= 0.6 is 0 Å². The van der Waals surface area contributed by atoms with Gasteiger partial charge in [0.05, 0.1) is 14.2 Å². The third kappa shape index (κ3) is 4.17. The third-order valence-corrected chi connectivity index (χ3v) is 2.45. The fraction of sp³-hybridized carbons (Fsp3) is 0.385. The lowest BCUT2D eigenvalue weighted by molar-refractivity contribution is -0.307. The van der Waals surface area contributed by atoms with Crippen LogP contribution in [0.4, 0.5) is 0 Å². The van der Waals surface area contributed by atoms with Crippen LogP contribution in [0.5, 0.6) is 11.5 Å². The lowest BCUT2D eigenvalue weighted by Crippen LogP contribution is -2.26. The second-order valence-corrected chi connectivity index (χ2v) is 3.78. The molecule has 0 aliphatic heterocycles. The summed E-state index contributed by atoms with van der Waals surface area (Å²) in [4.78, 5) is 21.7. The Balaban J connectivity index is 3.12. The minimum atomic E-state index is -1.32. The topological polar surface area (TPSA) is 84.9 Å². The van der Waals surface area contributed by atoms with Gasteiger partial charge < -0.3 is 24.1 Å². The highest BCUT2D eigenvalue weighted by Gasteiger charge is 2.20. The van der Waals surface area contributed by atoms with E-state index in [0.29, 0.717) is 17.1 Å². The van der Waals surface area contributed by atoms with E-state index in [-0.39, 0.29) is 0 Å². The molecule has 0 radical (unpaired) electrons. The van der Waals surface area contributed by atoms with Crippen LogP contribution in [0.3, 0.4) is 0 Å². The van der Waals surface area contributed by atoms with Gasteiger partial charge in [-0.05, 0) is 12.1 Å². The van der Waals surface area contributed by atoms with E-state index in [1.54, 1.807) is 18.2 Å². The fourth-order valence-electron chi connectivity index (χ4n) is 1.65. The normalized spacial score (nSPS) is 11.5. The molecule has 19 heavy (non-hydrogen) atoms. The van der Waals surface area contributed by atoms with Crippen LogP contribution in [0, 0.1) is 0 Å². The minimum absolute atomic E-state index is 0.381. The molecule has 0 saturated heterocycles. The molecule has 0 spiro atoms. The molecule has 1 atom stereocenters. The zero-order valence-electron chi connectivity index (χ0n) is 11.0. The Morgan fingerprint density at radius 3 is 2.42 bits per heavy atom. The summed E-state index contributed by atoms with van der Waals surface area (Å²) in [6, 6.07) is 4.80. The van der Waals surface area contributed by atoms with Gasteiger partial charge in [-0.15, -0.1) is 0 Å². The maximum Gasteiger partial charge on any atom is 0.303 e. The number of ether oxygens (including phenoxy) is 3. The zero-order valence-corrected chi connectivity index (χ0v) is 11.0. The number of carboxylic acids is 1. The molecule has 0 aliphatic rings. The van der Waals surface area contributed by atoms with Gasteiger partial charge in [0.15, 0.2) is 0 Å². The molecule has 1 aromatic carbocycles. The van der Waals surface area contributed by atoms with Crippen LogP contribution in [0.15, 0.2) is 18.2 Å². The van der Waals surface area contributed by atoms with Gasteiger partial charge in [0.1, 0.15) is 17.6 Å². The summed E-state index contributed by atoms with van der Waals surface area (Å²) in [5.74, 6) is -0.962. The lowest BCUT2D eigenvalue weighted by atomic mass is 10.0. The van der Waals surface area contributed by atoms with Crippen molar-refractivity contribution in [1.82, 2.24) is 0 Å². The van der Waals surface area contributed by atoms with E-state index in [1.807, 2.05) is 0 Å². The van der Waals surface area contributed by atoms with Crippen LogP contribution in [-0.2, 0) is 14.3 Å². The van der Waals surface area contributed by atoms with Crippen molar-refractivity contribution in [2.24, 2.45) is 0 Å². The van der Waals surface area contributed by atoms with Gasteiger partial charge in [-0.25, -0.2) is 0 Å². The van der Waals surface area contributed by atoms with Crippen LogP contribution in [0.2, 0.25) is 0 Å². The molecule has 0 N–H and O–H groups in total. The molecular weight excluding hydrogens is 252 g/mol. The third-order valence-electron chi connectivity index (χ3n) is 2.45. The number of rotatable bonds is 6. The van der Waals surface area contributed by atoms with E-state index >= 15 is 0 Å². The van der Waals surface area contributed by atoms with Gasteiger partial charge in [0, 0.05) is 30.9 Å². The van der Waals surface area contributed by atoms with Crippen molar-refractivity contribution < 1.29 is 28.9 Å². The van der Waals surface area contributed by atoms with Crippen molar-refractivity contribution >= 4 is 11.9 Å². The van der Waals surface area contributed by atoms with Crippen LogP contribution in [0.1, 0.15) is 25.0 Å². The predicted molar refractivity (Wildman–Crippen MR) is 63.7 cm³/mol. The van der Waals surface area contributed by atoms with Crippen LogP contribution < -0.4 is 14.6 Å². The first kappa shape index (κ1) is 14.8. The fourth-order valence-corrected chi connectivity index (χ4v) is 1.65. The van der Waals surface area contributed by atoms with E-state index in [9.17, 15) is 14.7 Å². The van der Waals surface area contributed by atoms with Crippen molar-refractivity contribution in [3.05, 3.63) is 23.8 Å². The van der Waals surface area contributed by atoms with Gasteiger partial charge in [-0.3, -0.25) is 4.79 Å². The smallest absolute Gasteiger partial charge is 0.303 e. The van der Waals surface area contributed by atoms with E-state index < -0.39 is 24.5 Å². The van der Waals surface area contributed by atoms with Crippen molar-refractivity contribution in [3.8, 4) is 11.5 Å². The highest BCUT2D eigenvalue weighted by Crippen LogP contribution is 2.33. The number of aliphatic carboxylic acids is 1. The van der Waals surface area contributed by atoms with Crippen molar-refractivity contribution in [3.63, 3.8) is 0 Å². The Morgan fingerprint density at radius 2 is 1.95 bits per heavy atom. The predicted octanol–water partition coefficient (Wildman–Crippen LogP) is 0.448. The molecule has 0 saturated carbocycles. The molecule has 1 unspecified atom stereocenters. The molecule has 0 amide bonds. The Kier molecular flexibility index (Phi) is 5.17. The molecule has 6 heteroatoms. The summed E-state index contributed by atoms with van der Waals surface area (Å²) in [6.45, 7) is 1.21. The highest BCUT2D eigenvalue weighted by atomic mass is 16.5. The van der Waals surface area contributed by atoms with E-state index in [1.165, 1.54) is 21.1 Å². The zero-order chi connectivity index (χ0) is 14.4. The van der Waals surface area contributed by atoms with Crippen molar-refractivity contribution in [1.29, 1.82) is 0 Å². The second kappa shape index (κ2) is 6.63. The van der Waals surface area contributed by atoms with Crippen LogP contribution in [0.25, 0.3) is 0 Å². The Morgan fingerprint density at radius 1 is 1.26 bits per heavy atom. The first-order chi connectivity index (χ1) is 8.97. The average molecular weight is 267 g/mol. The van der Waals surface area contributed by atoms with E-state index in [0.717, 1.165) is 0 Å². The molecule has 1 rings (SSSR count). The number of esters is 1. The largest absolute Gasteiger partial charge is 0.550 e. The summed E-state index contributed by atoms with van der Waals surface area (Å²) >= 11 is 0.